The van der Waals surface area contributed by atoms with Gasteiger partial charge in [-0.25, -0.2) is 0 Å². The maximum atomic E-state index is 12.0. The Morgan fingerprint density at radius 1 is 1.32 bits per heavy atom. The lowest BCUT2D eigenvalue weighted by atomic mass is 9.89. The van der Waals surface area contributed by atoms with Crippen LogP contribution in [0.2, 0.25) is 0 Å². The summed E-state index contributed by atoms with van der Waals surface area (Å²) in [6.45, 7) is 5.42. The summed E-state index contributed by atoms with van der Waals surface area (Å²) < 4.78 is 29.0. The summed E-state index contributed by atoms with van der Waals surface area (Å²) in [6.07, 6.45) is 1.41. The summed E-state index contributed by atoms with van der Waals surface area (Å²) in [5.41, 5.74) is 0.207. The van der Waals surface area contributed by atoms with Crippen LogP contribution < -0.4 is 0 Å². The first-order valence-electron chi connectivity index (χ1n) is 6.20. The Labute approximate surface area is 115 Å². The molecule has 0 aliphatic rings. The van der Waals surface area contributed by atoms with Crippen LogP contribution in [0.1, 0.15) is 32.3 Å². The summed E-state index contributed by atoms with van der Waals surface area (Å²) >= 11 is 0. The van der Waals surface area contributed by atoms with E-state index >= 15 is 0 Å². The lowest BCUT2D eigenvalue weighted by Crippen LogP contribution is -2.23. The second kappa shape index (κ2) is 6.18. The van der Waals surface area contributed by atoms with Crippen LogP contribution in [0.5, 0.6) is 0 Å². The van der Waals surface area contributed by atoms with E-state index in [1.165, 1.54) is 12.1 Å². The maximum absolute atomic E-state index is 12.0. The molecule has 0 saturated carbocycles. The molecular weight excluding hydrogens is 262 g/mol. The van der Waals surface area contributed by atoms with Gasteiger partial charge in [0, 0.05) is 0 Å². The van der Waals surface area contributed by atoms with Gasteiger partial charge in [0.05, 0.1) is 23.0 Å². The Balaban J connectivity index is 2.81. The number of aryl methyl sites for hydroxylation is 1. The van der Waals surface area contributed by atoms with Crippen molar-refractivity contribution < 1.29 is 12.6 Å². The van der Waals surface area contributed by atoms with Gasteiger partial charge in [0.15, 0.2) is 0 Å². The molecule has 0 heterocycles. The fourth-order valence-electron chi connectivity index (χ4n) is 1.69. The van der Waals surface area contributed by atoms with Crippen molar-refractivity contribution in [3.05, 3.63) is 29.8 Å². The van der Waals surface area contributed by atoms with Gasteiger partial charge < -0.3 is 0 Å². The molecule has 0 N–H and O–H groups in total. The average Bonchev–Trinajstić information content (AvgIpc) is 2.37. The molecule has 19 heavy (non-hydrogen) atoms. The van der Waals surface area contributed by atoms with E-state index in [0.717, 1.165) is 12.0 Å². The molecule has 0 amide bonds. The number of rotatable bonds is 6. The summed E-state index contributed by atoms with van der Waals surface area (Å²) in [5, 5.41) is 9.10. The highest BCUT2D eigenvalue weighted by Gasteiger charge is 2.27. The third-order valence-electron chi connectivity index (χ3n) is 2.91. The molecule has 0 bridgehead atoms. The van der Waals surface area contributed by atoms with Crippen LogP contribution in [0.25, 0.3) is 0 Å². The summed E-state index contributed by atoms with van der Waals surface area (Å²) in [7, 11) is -3.79. The molecule has 4 nitrogen and oxygen atoms in total. The quantitative estimate of drug-likeness (QED) is 0.752. The highest BCUT2D eigenvalue weighted by atomic mass is 32.2. The lowest BCUT2D eigenvalue weighted by molar-refractivity contribution is 0.206. The van der Waals surface area contributed by atoms with E-state index in [4.69, 9.17) is 9.44 Å². The van der Waals surface area contributed by atoms with Crippen LogP contribution in [0.3, 0.4) is 0 Å². The van der Waals surface area contributed by atoms with E-state index in [1.54, 1.807) is 19.1 Å². The molecular formula is C14H19NO3S. The highest BCUT2D eigenvalue weighted by molar-refractivity contribution is 7.86. The molecule has 1 aromatic rings. The molecule has 0 radical (unpaired) electrons. The van der Waals surface area contributed by atoms with Crippen molar-refractivity contribution in [2.24, 2.45) is 5.41 Å². The Hall–Kier alpha value is -1.38. The zero-order valence-corrected chi connectivity index (χ0v) is 12.3. The normalized spacial score (nSPS) is 14.6. The van der Waals surface area contributed by atoms with E-state index in [0.29, 0.717) is 6.42 Å². The Morgan fingerprint density at radius 2 is 1.89 bits per heavy atom. The van der Waals surface area contributed by atoms with Gasteiger partial charge in [-0.3, -0.25) is 4.18 Å². The van der Waals surface area contributed by atoms with E-state index in [1.807, 2.05) is 13.8 Å². The zero-order chi connectivity index (χ0) is 14.5. The van der Waals surface area contributed by atoms with Crippen LogP contribution in [0.15, 0.2) is 29.2 Å². The largest absolute Gasteiger partial charge is 0.297 e. The van der Waals surface area contributed by atoms with Gasteiger partial charge in [0.2, 0.25) is 0 Å². The van der Waals surface area contributed by atoms with Crippen molar-refractivity contribution in [2.45, 2.75) is 38.5 Å². The second-order valence-electron chi connectivity index (χ2n) is 4.95. The molecule has 104 valence electrons. The lowest BCUT2D eigenvalue weighted by Gasteiger charge is -2.20. The van der Waals surface area contributed by atoms with Gasteiger partial charge in [-0.05, 0) is 32.4 Å². The van der Waals surface area contributed by atoms with Crippen molar-refractivity contribution in [1.29, 1.82) is 5.26 Å². The minimum Gasteiger partial charge on any atom is -0.265 e. The molecule has 0 saturated heterocycles. The third kappa shape index (κ3) is 4.34. The molecule has 1 aromatic carbocycles. The fraction of sp³-hybridized carbons (Fsp3) is 0.500. The van der Waals surface area contributed by atoms with E-state index in [9.17, 15) is 8.42 Å². The SMILES string of the molecule is CCCC(C)(C#N)COS(=O)(=O)c1ccc(C)cc1. The minimum atomic E-state index is -3.79. The molecule has 1 rings (SSSR count). The van der Waals surface area contributed by atoms with Gasteiger partial charge >= 0.3 is 0 Å². The smallest absolute Gasteiger partial charge is 0.265 e. The molecule has 0 aliphatic heterocycles. The first-order chi connectivity index (χ1) is 8.83. The highest BCUT2D eigenvalue weighted by Crippen LogP contribution is 2.24. The van der Waals surface area contributed by atoms with Crippen molar-refractivity contribution in [1.82, 2.24) is 0 Å². The van der Waals surface area contributed by atoms with E-state index < -0.39 is 15.5 Å². The number of nitrogens with zero attached hydrogens (tertiary/aromatic N) is 1. The van der Waals surface area contributed by atoms with Crippen LogP contribution in [0.4, 0.5) is 0 Å². The van der Waals surface area contributed by atoms with Crippen molar-refractivity contribution in [2.75, 3.05) is 6.61 Å². The van der Waals surface area contributed by atoms with Gasteiger partial charge in [-0.2, -0.15) is 13.7 Å². The molecule has 0 aliphatic carbocycles. The summed E-state index contributed by atoms with van der Waals surface area (Å²) in [5.74, 6) is 0. The van der Waals surface area contributed by atoms with E-state index in [2.05, 4.69) is 6.07 Å². The molecule has 1 unspecified atom stereocenters. The molecule has 0 aromatic heterocycles. The van der Waals surface area contributed by atoms with Crippen molar-refractivity contribution in [3.8, 4) is 6.07 Å². The first-order valence-corrected chi connectivity index (χ1v) is 7.61. The number of hydrogen-bond acceptors (Lipinski definition) is 4. The second-order valence-corrected chi connectivity index (χ2v) is 6.57. The van der Waals surface area contributed by atoms with Crippen LogP contribution >= 0.6 is 0 Å². The fourth-order valence-corrected chi connectivity index (χ4v) is 2.71. The maximum Gasteiger partial charge on any atom is 0.297 e. The average molecular weight is 281 g/mol. The first kappa shape index (κ1) is 15.7. The van der Waals surface area contributed by atoms with Gasteiger partial charge in [-0.15, -0.1) is 0 Å². The number of benzene rings is 1. The van der Waals surface area contributed by atoms with Gasteiger partial charge in [-0.1, -0.05) is 31.0 Å². The van der Waals surface area contributed by atoms with Crippen molar-refractivity contribution >= 4 is 10.1 Å². The number of hydrogen-bond donors (Lipinski definition) is 0. The number of nitriles is 1. The Bertz CT molecular complexity index is 557. The van der Waals surface area contributed by atoms with Crippen LogP contribution in [-0.2, 0) is 14.3 Å². The topological polar surface area (TPSA) is 67.2 Å². The monoisotopic (exact) mass is 281 g/mol. The molecule has 0 fully saturated rings. The van der Waals surface area contributed by atoms with Gasteiger partial charge in [0.1, 0.15) is 0 Å². The predicted octanol–water partition coefficient (Wildman–Crippen LogP) is 3.03. The van der Waals surface area contributed by atoms with Crippen LogP contribution in [-0.4, -0.2) is 15.0 Å². The minimum absolute atomic E-state index is 0.118. The van der Waals surface area contributed by atoms with Gasteiger partial charge in [0.25, 0.3) is 10.1 Å². The van der Waals surface area contributed by atoms with E-state index in [-0.39, 0.29) is 11.5 Å². The Kier molecular flexibility index (Phi) is 5.10. The standard InChI is InChI=1S/C14H19NO3S/c1-4-9-14(3,10-15)11-18-19(16,17)13-7-5-12(2)6-8-13/h5-8H,4,9,11H2,1-3H3. The molecule has 1 atom stereocenters. The van der Waals surface area contributed by atoms with Crippen LogP contribution in [0, 0.1) is 23.7 Å². The Morgan fingerprint density at radius 3 is 2.37 bits per heavy atom. The zero-order valence-electron chi connectivity index (χ0n) is 11.5. The van der Waals surface area contributed by atoms with Crippen molar-refractivity contribution in [3.63, 3.8) is 0 Å². The summed E-state index contributed by atoms with van der Waals surface area (Å²) in [4.78, 5) is 0.120. The summed E-state index contributed by atoms with van der Waals surface area (Å²) in [6, 6.07) is 8.57. The molecule has 0 spiro atoms. The predicted molar refractivity (Wildman–Crippen MR) is 72.9 cm³/mol. The molecule has 5 heteroatoms. The third-order valence-corrected chi connectivity index (χ3v) is 4.19.